The topological polar surface area (TPSA) is 66.3 Å². The Bertz CT molecular complexity index is 701. The molecule has 6 heteroatoms. The van der Waals surface area contributed by atoms with Crippen LogP contribution in [-0.4, -0.2) is 39.0 Å². The van der Waals surface area contributed by atoms with E-state index in [9.17, 15) is 4.79 Å². The van der Waals surface area contributed by atoms with Crippen LogP contribution in [-0.2, 0) is 17.8 Å². The van der Waals surface area contributed by atoms with E-state index < -0.39 is 5.97 Å². The number of nitrogens with zero attached hydrogens (tertiary/aromatic N) is 3. The van der Waals surface area contributed by atoms with Gasteiger partial charge in [0.1, 0.15) is 0 Å². The Morgan fingerprint density at radius 3 is 3.00 bits per heavy atom. The molecule has 0 amide bonds. The van der Waals surface area contributed by atoms with E-state index in [0.717, 1.165) is 54.6 Å². The molecule has 0 spiro atoms. The van der Waals surface area contributed by atoms with Crippen molar-refractivity contribution in [3.05, 3.63) is 45.7 Å². The van der Waals surface area contributed by atoms with Gasteiger partial charge in [-0.15, -0.1) is 11.3 Å². The molecule has 0 aromatic carbocycles. The fourth-order valence-corrected chi connectivity index (χ4v) is 3.85. The number of likely N-dealkylation sites (tertiary alicyclic amines) is 1. The molecule has 1 aliphatic rings. The summed E-state index contributed by atoms with van der Waals surface area (Å²) in [6.07, 6.45) is 2.94. The van der Waals surface area contributed by atoms with Gasteiger partial charge in [0.2, 0.25) is 0 Å². The number of carboxylic acids is 1. The molecular weight excluding hydrogens is 322 g/mol. The SMILES string of the molecule is Cc1nc(CN2CCCC(c3cccc(CCC(=O)O)n3)C2)cs1. The summed E-state index contributed by atoms with van der Waals surface area (Å²) in [5.74, 6) is -0.354. The highest BCUT2D eigenvalue weighted by molar-refractivity contribution is 7.09. The lowest BCUT2D eigenvalue weighted by molar-refractivity contribution is -0.136. The van der Waals surface area contributed by atoms with Crippen molar-refractivity contribution in [3.63, 3.8) is 0 Å². The molecule has 0 radical (unpaired) electrons. The highest BCUT2D eigenvalue weighted by Gasteiger charge is 2.23. The van der Waals surface area contributed by atoms with Gasteiger partial charge in [-0.2, -0.15) is 0 Å². The maximum absolute atomic E-state index is 10.7. The third-order valence-electron chi connectivity index (χ3n) is 4.40. The number of rotatable bonds is 6. The molecule has 2 aromatic rings. The summed E-state index contributed by atoms with van der Waals surface area (Å²) in [6, 6.07) is 6.00. The first-order valence-corrected chi connectivity index (χ1v) is 9.29. The van der Waals surface area contributed by atoms with Crippen LogP contribution in [0.5, 0.6) is 0 Å². The molecule has 0 saturated carbocycles. The predicted octanol–water partition coefficient (Wildman–Crippen LogP) is 3.24. The second-order valence-corrected chi connectivity index (χ2v) is 7.44. The van der Waals surface area contributed by atoms with Gasteiger partial charge in [-0.1, -0.05) is 6.07 Å². The fraction of sp³-hybridized carbons (Fsp3) is 0.500. The third-order valence-corrected chi connectivity index (χ3v) is 5.22. The molecule has 0 aliphatic carbocycles. The maximum Gasteiger partial charge on any atom is 0.303 e. The van der Waals surface area contributed by atoms with E-state index in [1.54, 1.807) is 11.3 Å². The van der Waals surface area contributed by atoms with E-state index in [1.165, 1.54) is 0 Å². The number of carboxylic acid groups (broad SMARTS) is 1. The van der Waals surface area contributed by atoms with Gasteiger partial charge in [0.05, 0.1) is 17.1 Å². The Hall–Kier alpha value is -1.79. The van der Waals surface area contributed by atoms with Crippen LogP contribution in [0.15, 0.2) is 23.6 Å². The molecule has 24 heavy (non-hydrogen) atoms. The Kier molecular flexibility index (Phi) is 5.58. The first-order valence-electron chi connectivity index (χ1n) is 8.41. The average Bonchev–Trinajstić information content (AvgIpc) is 2.98. The van der Waals surface area contributed by atoms with E-state index in [1.807, 2.05) is 19.1 Å². The molecule has 2 aromatic heterocycles. The lowest BCUT2D eigenvalue weighted by Crippen LogP contribution is -2.34. The summed E-state index contributed by atoms with van der Waals surface area (Å²) in [7, 11) is 0. The maximum atomic E-state index is 10.7. The molecule has 5 nitrogen and oxygen atoms in total. The van der Waals surface area contributed by atoms with Crippen LogP contribution >= 0.6 is 11.3 Å². The van der Waals surface area contributed by atoms with Gasteiger partial charge in [-0.25, -0.2) is 4.98 Å². The zero-order valence-electron chi connectivity index (χ0n) is 13.9. The Morgan fingerprint density at radius 2 is 2.25 bits per heavy atom. The summed E-state index contributed by atoms with van der Waals surface area (Å²) >= 11 is 1.70. The number of hydrogen-bond acceptors (Lipinski definition) is 5. The van der Waals surface area contributed by atoms with Crippen LogP contribution in [0.25, 0.3) is 0 Å². The number of aromatic nitrogens is 2. The van der Waals surface area contributed by atoms with Crippen molar-refractivity contribution in [2.45, 2.75) is 45.1 Å². The minimum Gasteiger partial charge on any atom is -0.481 e. The first kappa shape index (κ1) is 17.0. The van der Waals surface area contributed by atoms with Crippen LogP contribution in [0.2, 0.25) is 0 Å². The summed E-state index contributed by atoms with van der Waals surface area (Å²) in [5, 5.41) is 12.1. The van der Waals surface area contributed by atoms with Crippen molar-refractivity contribution in [1.29, 1.82) is 0 Å². The van der Waals surface area contributed by atoms with Crippen molar-refractivity contribution in [3.8, 4) is 0 Å². The highest BCUT2D eigenvalue weighted by Crippen LogP contribution is 2.27. The third kappa shape index (κ3) is 4.61. The van der Waals surface area contributed by atoms with E-state index in [4.69, 9.17) is 10.1 Å². The smallest absolute Gasteiger partial charge is 0.303 e. The molecule has 1 aliphatic heterocycles. The van der Waals surface area contributed by atoms with Crippen molar-refractivity contribution >= 4 is 17.3 Å². The molecule has 3 heterocycles. The summed E-state index contributed by atoms with van der Waals surface area (Å²) in [6.45, 7) is 5.04. The molecule has 0 bridgehead atoms. The lowest BCUT2D eigenvalue weighted by Gasteiger charge is -2.32. The van der Waals surface area contributed by atoms with Gasteiger partial charge in [0, 0.05) is 42.2 Å². The van der Waals surface area contributed by atoms with Crippen LogP contribution in [0.4, 0.5) is 0 Å². The zero-order valence-corrected chi connectivity index (χ0v) is 14.8. The normalized spacial score (nSPS) is 18.6. The minimum absolute atomic E-state index is 0.135. The number of hydrogen-bond donors (Lipinski definition) is 1. The zero-order chi connectivity index (χ0) is 16.9. The largest absolute Gasteiger partial charge is 0.481 e. The van der Waals surface area contributed by atoms with Gasteiger partial charge in [-0.3, -0.25) is 14.7 Å². The summed E-state index contributed by atoms with van der Waals surface area (Å²) < 4.78 is 0. The molecule has 1 atom stereocenters. The van der Waals surface area contributed by atoms with Crippen LogP contribution in [0.3, 0.4) is 0 Å². The van der Waals surface area contributed by atoms with E-state index in [2.05, 4.69) is 21.3 Å². The van der Waals surface area contributed by atoms with Gasteiger partial charge in [-0.05, 0) is 38.4 Å². The number of aryl methyl sites for hydroxylation is 2. The number of pyridine rings is 1. The van der Waals surface area contributed by atoms with Gasteiger partial charge in [0.25, 0.3) is 0 Å². The fourth-order valence-electron chi connectivity index (χ4n) is 3.25. The monoisotopic (exact) mass is 345 g/mol. The second-order valence-electron chi connectivity index (χ2n) is 6.38. The van der Waals surface area contributed by atoms with Crippen LogP contribution < -0.4 is 0 Å². The van der Waals surface area contributed by atoms with E-state index in [-0.39, 0.29) is 6.42 Å². The molecule has 128 valence electrons. The molecule has 1 saturated heterocycles. The average molecular weight is 345 g/mol. The number of thiazole rings is 1. The Labute approximate surface area is 146 Å². The van der Waals surface area contributed by atoms with Crippen molar-refractivity contribution < 1.29 is 9.90 Å². The summed E-state index contributed by atoms with van der Waals surface area (Å²) in [4.78, 5) is 22.5. The standard InChI is InChI=1S/C18H23N3O2S/c1-13-19-16(12-24-13)11-21-9-3-4-14(10-21)17-6-2-5-15(20-17)7-8-18(22)23/h2,5-6,12,14H,3-4,7-11H2,1H3,(H,22,23). The lowest BCUT2D eigenvalue weighted by atomic mass is 9.94. The number of piperidine rings is 1. The van der Waals surface area contributed by atoms with Gasteiger partial charge in [0.15, 0.2) is 0 Å². The number of aliphatic carboxylic acids is 1. The Morgan fingerprint density at radius 1 is 1.38 bits per heavy atom. The van der Waals surface area contributed by atoms with Gasteiger partial charge < -0.3 is 5.11 Å². The number of carbonyl (C=O) groups is 1. The van der Waals surface area contributed by atoms with Crippen molar-refractivity contribution in [1.82, 2.24) is 14.9 Å². The quantitative estimate of drug-likeness (QED) is 0.870. The molecule has 1 fully saturated rings. The summed E-state index contributed by atoms with van der Waals surface area (Å²) in [5.41, 5.74) is 3.13. The van der Waals surface area contributed by atoms with E-state index >= 15 is 0 Å². The molecule has 1 unspecified atom stereocenters. The molecule has 3 rings (SSSR count). The van der Waals surface area contributed by atoms with Gasteiger partial charge >= 0.3 is 5.97 Å². The molecular formula is C18H23N3O2S. The van der Waals surface area contributed by atoms with E-state index in [0.29, 0.717) is 12.3 Å². The van der Waals surface area contributed by atoms with Crippen LogP contribution in [0, 0.1) is 6.92 Å². The predicted molar refractivity (Wildman–Crippen MR) is 94.3 cm³/mol. The molecule has 1 N–H and O–H groups in total. The van der Waals surface area contributed by atoms with Crippen molar-refractivity contribution in [2.24, 2.45) is 0 Å². The Balaban J connectivity index is 1.63. The van der Waals surface area contributed by atoms with Crippen LogP contribution in [0.1, 0.15) is 47.3 Å². The van der Waals surface area contributed by atoms with Crippen molar-refractivity contribution in [2.75, 3.05) is 13.1 Å². The first-order chi connectivity index (χ1) is 11.6. The highest BCUT2D eigenvalue weighted by atomic mass is 32.1. The minimum atomic E-state index is -0.774. The second kappa shape index (κ2) is 7.85.